The third kappa shape index (κ3) is 4.09. The van der Waals surface area contributed by atoms with Gasteiger partial charge in [0.15, 0.2) is 0 Å². The highest BCUT2D eigenvalue weighted by Crippen LogP contribution is 2.21. The number of piperidine rings is 1. The van der Waals surface area contributed by atoms with E-state index in [9.17, 15) is 9.59 Å². The first-order valence-electron chi connectivity index (χ1n) is 8.75. The molecule has 2 aliphatic rings. The second-order valence-electron chi connectivity index (χ2n) is 6.65. The van der Waals surface area contributed by atoms with Gasteiger partial charge in [-0.25, -0.2) is 0 Å². The van der Waals surface area contributed by atoms with Gasteiger partial charge in [-0.2, -0.15) is 0 Å². The first-order valence-corrected chi connectivity index (χ1v) is 8.75. The summed E-state index contributed by atoms with van der Waals surface area (Å²) in [4.78, 5) is 30.9. The lowest BCUT2D eigenvalue weighted by Gasteiger charge is -2.33. The minimum atomic E-state index is -0.0849. The van der Waals surface area contributed by atoms with Gasteiger partial charge >= 0.3 is 0 Å². The second kappa shape index (κ2) is 7.57. The Hall–Kier alpha value is -1.91. The third-order valence-electron chi connectivity index (χ3n) is 4.91. The zero-order valence-corrected chi connectivity index (χ0v) is 13.5. The third-order valence-corrected chi connectivity index (χ3v) is 4.91. The predicted molar refractivity (Wildman–Crippen MR) is 87.9 cm³/mol. The van der Waals surface area contributed by atoms with Crippen LogP contribution in [0.15, 0.2) is 24.4 Å². The van der Waals surface area contributed by atoms with Gasteiger partial charge in [0, 0.05) is 25.3 Å². The van der Waals surface area contributed by atoms with E-state index in [1.165, 1.54) is 19.3 Å². The maximum absolute atomic E-state index is 12.5. The lowest BCUT2D eigenvalue weighted by molar-refractivity contribution is -0.127. The van der Waals surface area contributed by atoms with Gasteiger partial charge in [0.25, 0.3) is 5.91 Å². The smallest absolute Gasteiger partial charge is 0.272 e. The van der Waals surface area contributed by atoms with Crippen LogP contribution < -0.4 is 5.32 Å². The molecule has 124 valence electrons. The van der Waals surface area contributed by atoms with E-state index < -0.39 is 0 Å². The van der Waals surface area contributed by atoms with Crippen molar-refractivity contribution in [1.82, 2.24) is 15.2 Å². The monoisotopic (exact) mass is 315 g/mol. The van der Waals surface area contributed by atoms with Gasteiger partial charge < -0.3 is 10.2 Å². The van der Waals surface area contributed by atoms with Crippen molar-refractivity contribution >= 4 is 11.8 Å². The van der Waals surface area contributed by atoms with Crippen LogP contribution in [-0.2, 0) is 4.79 Å². The minimum absolute atomic E-state index is 0.0687. The van der Waals surface area contributed by atoms with E-state index in [0.717, 1.165) is 25.7 Å². The van der Waals surface area contributed by atoms with E-state index in [1.54, 1.807) is 23.2 Å². The van der Waals surface area contributed by atoms with Crippen LogP contribution in [0.5, 0.6) is 0 Å². The highest BCUT2D eigenvalue weighted by Gasteiger charge is 2.30. The average molecular weight is 315 g/mol. The molecule has 1 saturated carbocycles. The van der Waals surface area contributed by atoms with Crippen molar-refractivity contribution in [3.05, 3.63) is 30.1 Å². The van der Waals surface area contributed by atoms with E-state index in [1.807, 2.05) is 6.07 Å². The van der Waals surface area contributed by atoms with Crippen molar-refractivity contribution < 1.29 is 9.59 Å². The van der Waals surface area contributed by atoms with Gasteiger partial charge in [-0.15, -0.1) is 0 Å². The summed E-state index contributed by atoms with van der Waals surface area (Å²) in [6, 6.07) is 5.68. The molecule has 0 bridgehead atoms. The van der Waals surface area contributed by atoms with E-state index in [-0.39, 0.29) is 17.7 Å². The highest BCUT2D eigenvalue weighted by atomic mass is 16.2. The van der Waals surface area contributed by atoms with Crippen LogP contribution in [-0.4, -0.2) is 40.8 Å². The van der Waals surface area contributed by atoms with Crippen LogP contribution in [0.4, 0.5) is 0 Å². The first-order chi connectivity index (χ1) is 11.2. The molecule has 1 N–H and O–H groups in total. The number of hydrogen-bond donors (Lipinski definition) is 1. The van der Waals surface area contributed by atoms with Gasteiger partial charge in [-0.1, -0.05) is 25.3 Å². The van der Waals surface area contributed by atoms with Gasteiger partial charge in [0.2, 0.25) is 5.91 Å². The van der Waals surface area contributed by atoms with Crippen LogP contribution in [0.1, 0.15) is 55.4 Å². The molecule has 1 atom stereocenters. The van der Waals surface area contributed by atoms with Crippen molar-refractivity contribution in [2.24, 2.45) is 5.92 Å². The molecular formula is C18H25N3O2. The Labute approximate surface area is 137 Å². The molecule has 5 heteroatoms. The fourth-order valence-corrected chi connectivity index (χ4v) is 3.59. The second-order valence-corrected chi connectivity index (χ2v) is 6.65. The summed E-state index contributed by atoms with van der Waals surface area (Å²) in [5.41, 5.74) is 0.459. The highest BCUT2D eigenvalue weighted by molar-refractivity contribution is 5.92. The molecular weight excluding hydrogens is 290 g/mol. The largest absolute Gasteiger partial charge is 0.353 e. The quantitative estimate of drug-likeness (QED) is 0.931. The molecule has 0 spiro atoms. The Kier molecular flexibility index (Phi) is 5.26. The van der Waals surface area contributed by atoms with Gasteiger partial charge in [-0.05, 0) is 37.8 Å². The topological polar surface area (TPSA) is 62.3 Å². The van der Waals surface area contributed by atoms with Crippen molar-refractivity contribution in [1.29, 1.82) is 0 Å². The van der Waals surface area contributed by atoms with Crippen LogP contribution in [0.25, 0.3) is 0 Å². The lowest BCUT2D eigenvalue weighted by atomic mass is 9.93. The molecule has 0 unspecified atom stereocenters. The molecule has 1 aliphatic heterocycles. The number of carbonyl (C=O) groups excluding carboxylic acids is 2. The average Bonchev–Trinajstić information content (AvgIpc) is 2.63. The molecule has 1 aromatic heterocycles. The summed E-state index contributed by atoms with van der Waals surface area (Å²) >= 11 is 0. The number of rotatable bonds is 3. The molecule has 5 nitrogen and oxygen atoms in total. The SMILES string of the molecule is O=C(NC1CCCCC1)[C@@H]1CCCN(C(=O)c2ccccn2)C1. The molecule has 2 amide bonds. The summed E-state index contributed by atoms with van der Waals surface area (Å²) in [5.74, 6) is -0.0328. The summed E-state index contributed by atoms with van der Waals surface area (Å²) in [7, 11) is 0. The zero-order valence-electron chi connectivity index (χ0n) is 13.5. The number of nitrogens with one attached hydrogen (secondary N) is 1. The summed E-state index contributed by atoms with van der Waals surface area (Å²) in [5, 5.41) is 3.20. The van der Waals surface area contributed by atoms with E-state index >= 15 is 0 Å². The van der Waals surface area contributed by atoms with Crippen molar-refractivity contribution in [2.45, 2.75) is 51.0 Å². The number of amides is 2. The Bertz CT molecular complexity index is 540. The fraction of sp³-hybridized carbons (Fsp3) is 0.611. The van der Waals surface area contributed by atoms with Crippen LogP contribution >= 0.6 is 0 Å². The summed E-state index contributed by atoms with van der Waals surface area (Å²) in [6.45, 7) is 1.22. The zero-order chi connectivity index (χ0) is 16.1. The fourth-order valence-electron chi connectivity index (χ4n) is 3.59. The minimum Gasteiger partial charge on any atom is -0.353 e. The van der Waals surface area contributed by atoms with Crippen LogP contribution in [0.3, 0.4) is 0 Å². The molecule has 1 aromatic rings. The van der Waals surface area contributed by atoms with Crippen molar-refractivity contribution in [3.63, 3.8) is 0 Å². The number of likely N-dealkylation sites (tertiary alicyclic amines) is 1. The number of aromatic nitrogens is 1. The Balaban J connectivity index is 1.57. The molecule has 23 heavy (non-hydrogen) atoms. The number of pyridine rings is 1. The Morgan fingerprint density at radius 1 is 1.09 bits per heavy atom. The molecule has 2 heterocycles. The number of hydrogen-bond acceptors (Lipinski definition) is 3. The van der Waals surface area contributed by atoms with Crippen LogP contribution in [0, 0.1) is 5.92 Å². The molecule has 0 radical (unpaired) electrons. The predicted octanol–water partition coefficient (Wildman–Crippen LogP) is 2.38. The van der Waals surface area contributed by atoms with E-state index in [0.29, 0.717) is 24.8 Å². The summed E-state index contributed by atoms with van der Waals surface area (Å²) < 4.78 is 0. The number of nitrogens with zero attached hydrogens (tertiary/aromatic N) is 2. The van der Waals surface area contributed by atoms with Gasteiger partial charge in [0.1, 0.15) is 5.69 Å². The van der Waals surface area contributed by atoms with Gasteiger partial charge in [0.05, 0.1) is 5.92 Å². The van der Waals surface area contributed by atoms with E-state index in [2.05, 4.69) is 10.3 Å². The number of carbonyl (C=O) groups is 2. The van der Waals surface area contributed by atoms with Crippen LogP contribution in [0.2, 0.25) is 0 Å². The normalized spacial score (nSPS) is 22.6. The van der Waals surface area contributed by atoms with Crippen molar-refractivity contribution in [2.75, 3.05) is 13.1 Å². The van der Waals surface area contributed by atoms with Crippen molar-refractivity contribution in [3.8, 4) is 0 Å². The maximum Gasteiger partial charge on any atom is 0.272 e. The lowest BCUT2D eigenvalue weighted by Crippen LogP contribution is -2.48. The molecule has 2 fully saturated rings. The molecule has 1 aliphatic carbocycles. The maximum atomic E-state index is 12.5. The molecule has 1 saturated heterocycles. The summed E-state index contributed by atoms with van der Waals surface area (Å²) in [6.07, 6.45) is 9.25. The van der Waals surface area contributed by atoms with Gasteiger partial charge in [-0.3, -0.25) is 14.6 Å². The molecule has 3 rings (SSSR count). The van der Waals surface area contributed by atoms with E-state index in [4.69, 9.17) is 0 Å². The first kappa shape index (κ1) is 16.0. The standard InChI is InChI=1S/C18H25N3O2/c22-17(20-15-8-2-1-3-9-15)14-7-6-12-21(13-14)18(23)16-10-4-5-11-19-16/h4-5,10-11,14-15H,1-3,6-9,12-13H2,(H,20,22)/t14-/m1/s1. The molecule has 0 aromatic carbocycles. The Morgan fingerprint density at radius 2 is 1.91 bits per heavy atom. The Morgan fingerprint density at radius 3 is 2.65 bits per heavy atom.